The number of hydrogen-bond donors (Lipinski definition) is 1. The van der Waals surface area contributed by atoms with Gasteiger partial charge in [0.1, 0.15) is 0 Å². The Bertz CT molecular complexity index is 1110. The number of carbonyl (C=O) groups excluding carboxylic acids is 1. The number of fused-ring (bicyclic) bond motifs is 1. The van der Waals surface area contributed by atoms with Gasteiger partial charge in [-0.2, -0.15) is 0 Å². The van der Waals surface area contributed by atoms with Crippen LogP contribution in [0.4, 0.5) is 11.6 Å². The highest BCUT2D eigenvalue weighted by atomic mass is 35.5. The first kappa shape index (κ1) is 21.2. The fourth-order valence-electron chi connectivity index (χ4n) is 4.32. The van der Waals surface area contributed by atoms with E-state index in [4.69, 9.17) is 16.3 Å². The van der Waals surface area contributed by atoms with Gasteiger partial charge in [-0.1, -0.05) is 11.6 Å². The van der Waals surface area contributed by atoms with Gasteiger partial charge in [0.05, 0.1) is 24.4 Å². The molecule has 2 aliphatic rings. The molecule has 2 fully saturated rings. The summed E-state index contributed by atoms with van der Waals surface area (Å²) in [7, 11) is 0. The molecule has 3 aromatic rings. The van der Waals surface area contributed by atoms with Gasteiger partial charge in [-0.15, -0.1) is 0 Å². The normalized spacial score (nSPS) is 17.2. The van der Waals surface area contributed by atoms with E-state index in [9.17, 15) is 4.79 Å². The van der Waals surface area contributed by atoms with Crippen LogP contribution in [0.25, 0.3) is 10.9 Å². The van der Waals surface area contributed by atoms with E-state index in [2.05, 4.69) is 41.9 Å². The predicted molar refractivity (Wildman–Crippen MR) is 126 cm³/mol. The number of anilines is 2. The topological polar surface area (TPSA) is 75.5 Å². The van der Waals surface area contributed by atoms with Gasteiger partial charge in [0.25, 0.3) is 5.91 Å². The summed E-state index contributed by atoms with van der Waals surface area (Å²) in [4.78, 5) is 26.1. The number of hydrogen-bond acceptors (Lipinski definition) is 6. The van der Waals surface area contributed by atoms with Crippen molar-refractivity contribution in [2.75, 3.05) is 56.2 Å². The number of ether oxygens (including phenoxy) is 1. The highest BCUT2D eigenvalue weighted by molar-refractivity contribution is 6.34. The number of amides is 1. The van der Waals surface area contributed by atoms with Crippen LogP contribution in [0, 0.1) is 0 Å². The summed E-state index contributed by atoms with van der Waals surface area (Å²) in [5.74, 6) is 0.230. The summed E-state index contributed by atoms with van der Waals surface area (Å²) in [6, 6.07) is 8.02. The molecule has 0 radical (unpaired) electrons. The fourth-order valence-corrected chi connectivity index (χ4v) is 4.50. The first-order chi connectivity index (χ1) is 15.7. The number of nitrogens with one attached hydrogen (secondary N) is 1. The molecule has 0 unspecified atom stereocenters. The molecule has 0 aliphatic carbocycles. The maximum atomic E-state index is 12.9. The van der Waals surface area contributed by atoms with E-state index in [-0.39, 0.29) is 16.6 Å². The number of halogens is 1. The number of nitrogens with zero attached hydrogens (tertiary/aromatic N) is 5. The Kier molecular flexibility index (Phi) is 6.25. The summed E-state index contributed by atoms with van der Waals surface area (Å²) in [5, 5.41) is 4.27. The molecule has 0 saturated carbocycles. The summed E-state index contributed by atoms with van der Waals surface area (Å²) < 4.78 is 7.67. The Balaban J connectivity index is 1.28. The van der Waals surface area contributed by atoms with Crippen molar-refractivity contribution in [1.29, 1.82) is 0 Å². The summed E-state index contributed by atoms with van der Waals surface area (Å²) in [6.07, 6.45) is 5.83. The summed E-state index contributed by atoms with van der Waals surface area (Å²) in [6.45, 7) is 7.32. The maximum Gasteiger partial charge on any atom is 0.276 e. The minimum atomic E-state index is -0.330. The van der Waals surface area contributed by atoms with E-state index in [1.54, 1.807) is 0 Å². The number of aromatic nitrogens is 3. The summed E-state index contributed by atoms with van der Waals surface area (Å²) >= 11 is 6.24. The van der Waals surface area contributed by atoms with Gasteiger partial charge in [-0.3, -0.25) is 9.69 Å². The second kappa shape index (κ2) is 9.44. The lowest BCUT2D eigenvalue weighted by atomic mass is 10.2. The molecule has 0 atom stereocenters. The van der Waals surface area contributed by atoms with Crippen LogP contribution in [0.1, 0.15) is 23.3 Å². The molecule has 1 N–H and O–H groups in total. The molecule has 5 rings (SSSR count). The van der Waals surface area contributed by atoms with Gasteiger partial charge in [-0.25, -0.2) is 9.97 Å². The van der Waals surface area contributed by atoms with Crippen molar-refractivity contribution in [1.82, 2.24) is 19.4 Å². The third kappa shape index (κ3) is 4.57. The first-order valence-corrected chi connectivity index (χ1v) is 11.5. The highest BCUT2D eigenvalue weighted by Crippen LogP contribution is 2.23. The van der Waals surface area contributed by atoms with Crippen LogP contribution in [0.3, 0.4) is 0 Å². The minimum absolute atomic E-state index is 0.201. The van der Waals surface area contributed by atoms with Crippen LogP contribution < -0.4 is 10.2 Å². The van der Waals surface area contributed by atoms with Crippen molar-refractivity contribution >= 4 is 40.0 Å². The lowest BCUT2D eigenvalue weighted by Crippen LogP contribution is -2.38. The fraction of sp³-hybridized carbons (Fsp3) is 0.435. The molecule has 1 amide bonds. The van der Waals surface area contributed by atoms with Gasteiger partial charge in [0, 0.05) is 62.1 Å². The number of carbonyl (C=O) groups is 1. The number of morpholine rings is 1. The average molecular weight is 455 g/mol. The van der Waals surface area contributed by atoms with Crippen molar-refractivity contribution in [3.63, 3.8) is 0 Å². The van der Waals surface area contributed by atoms with Crippen LogP contribution in [0.15, 0.2) is 36.7 Å². The van der Waals surface area contributed by atoms with Gasteiger partial charge >= 0.3 is 0 Å². The SMILES string of the molecule is O=C(Nc1ccc2c(ccn2CCN2CCOCC2)c1)c1nc(N2CCCC2)ncc1Cl. The highest BCUT2D eigenvalue weighted by Gasteiger charge is 2.20. The Hall–Kier alpha value is -2.68. The lowest BCUT2D eigenvalue weighted by molar-refractivity contribution is 0.0365. The van der Waals surface area contributed by atoms with Crippen LogP contribution in [-0.4, -0.2) is 71.3 Å². The second-order valence-corrected chi connectivity index (χ2v) is 8.66. The van der Waals surface area contributed by atoms with Gasteiger partial charge < -0.3 is 19.5 Å². The van der Waals surface area contributed by atoms with Crippen LogP contribution >= 0.6 is 11.6 Å². The Morgan fingerprint density at radius 1 is 1.09 bits per heavy atom. The van der Waals surface area contributed by atoms with Crippen LogP contribution in [0.5, 0.6) is 0 Å². The Morgan fingerprint density at radius 3 is 2.72 bits per heavy atom. The largest absolute Gasteiger partial charge is 0.379 e. The van der Waals surface area contributed by atoms with E-state index in [1.807, 2.05) is 18.2 Å². The van der Waals surface area contributed by atoms with Crippen molar-refractivity contribution in [2.45, 2.75) is 19.4 Å². The number of rotatable bonds is 6. The minimum Gasteiger partial charge on any atom is -0.379 e. The maximum absolute atomic E-state index is 12.9. The standard InChI is InChI=1S/C23H27ClN6O2/c24-19-16-25-23(30-6-1-2-7-30)27-21(19)22(31)26-18-3-4-20-17(15-18)5-8-29(20)10-9-28-11-13-32-14-12-28/h3-5,8,15-16H,1-2,6-7,9-14H2,(H,26,31). The quantitative estimate of drug-likeness (QED) is 0.616. The van der Waals surface area contributed by atoms with Crippen molar-refractivity contribution in [3.8, 4) is 0 Å². The van der Waals surface area contributed by atoms with Gasteiger partial charge in [-0.05, 0) is 37.1 Å². The second-order valence-electron chi connectivity index (χ2n) is 8.25. The summed E-state index contributed by atoms with van der Waals surface area (Å²) in [5.41, 5.74) is 2.06. The molecular formula is C23H27ClN6O2. The molecular weight excluding hydrogens is 428 g/mol. The van der Waals surface area contributed by atoms with E-state index in [1.165, 1.54) is 6.20 Å². The molecule has 1 aromatic carbocycles. The third-order valence-electron chi connectivity index (χ3n) is 6.13. The molecule has 0 spiro atoms. The van der Waals surface area contributed by atoms with E-state index in [0.29, 0.717) is 11.6 Å². The lowest BCUT2D eigenvalue weighted by Gasteiger charge is -2.26. The molecule has 9 heteroatoms. The molecule has 0 bridgehead atoms. The molecule has 2 aliphatic heterocycles. The zero-order valence-electron chi connectivity index (χ0n) is 18.0. The van der Waals surface area contributed by atoms with Crippen molar-refractivity contribution < 1.29 is 9.53 Å². The van der Waals surface area contributed by atoms with Crippen LogP contribution in [0.2, 0.25) is 5.02 Å². The number of benzene rings is 1. The van der Waals surface area contributed by atoms with E-state index in [0.717, 1.165) is 76.2 Å². The molecule has 168 valence electrons. The Labute approximate surface area is 192 Å². The van der Waals surface area contributed by atoms with E-state index < -0.39 is 0 Å². The monoisotopic (exact) mass is 454 g/mol. The third-order valence-corrected chi connectivity index (χ3v) is 6.40. The molecule has 2 aromatic heterocycles. The molecule has 8 nitrogen and oxygen atoms in total. The zero-order valence-corrected chi connectivity index (χ0v) is 18.7. The zero-order chi connectivity index (χ0) is 21.9. The average Bonchev–Trinajstić information content (AvgIpc) is 3.49. The van der Waals surface area contributed by atoms with Crippen molar-refractivity contribution in [2.24, 2.45) is 0 Å². The molecule has 4 heterocycles. The molecule has 32 heavy (non-hydrogen) atoms. The smallest absolute Gasteiger partial charge is 0.276 e. The first-order valence-electron chi connectivity index (χ1n) is 11.2. The van der Waals surface area contributed by atoms with Gasteiger partial charge in [0.2, 0.25) is 5.95 Å². The van der Waals surface area contributed by atoms with Crippen LogP contribution in [-0.2, 0) is 11.3 Å². The van der Waals surface area contributed by atoms with Crippen molar-refractivity contribution in [3.05, 3.63) is 47.4 Å². The Morgan fingerprint density at radius 2 is 1.91 bits per heavy atom. The van der Waals surface area contributed by atoms with E-state index >= 15 is 0 Å². The van der Waals surface area contributed by atoms with Gasteiger partial charge in [0.15, 0.2) is 5.69 Å². The predicted octanol–water partition coefficient (Wildman–Crippen LogP) is 3.27. The molecule has 2 saturated heterocycles.